The summed E-state index contributed by atoms with van der Waals surface area (Å²) in [5, 5.41) is -0.327. The maximum absolute atomic E-state index is 12.9. The van der Waals surface area contributed by atoms with E-state index in [0.29, 0.717) is 11.8 Å². The number of hydrogen-bond acceptors (Lipinski definition) is 2. The minimum atomic E-state index is -5.03. The van der Waals surface area contributed by atoms with Gasteiger partial charge in [-0.15, -0.1) is 0 Å². The molecule has 17 heavy (non-hydrogen) atoms. The Hall–Kier alpha value is -0.400. The highest BCUT2D eigenvalue weighted by molar-refractivity contribution is 8.13. The Morgan fingerprint density at radius 1 is 1.29 bits per heavy atom. The van der Waals surface area contributed by atoms with E-state index < -0.39 is 31.1 Å². The van der Waals surface area contributed by atoms with E-state index in [2.05, 4.69) is 0 Å². The number of carbonyl (C=O) groups excluding carboxylic acids is 1. The van der Waals surface area contributed by atoms with Gasteiger partial charge in [0.15, 0.2) is 11.3 Å². The Kier molecular flexibility index (Phi) is 6.36. The second-order valence-corrected chi connectivity index (χ2v) is 4.66. The summed E-state index contributed by atoms with van der Waals surface area (Å²) in [5.74, 6) is -9.70. The minimum Gasteiger partial charge on any atom is -0.288 e. The molecule has 0 aromatic rings. The van der Waals surface area contributed by atoms with Crippen LogP contribution in [0.25, 0.3) is 0 Å². The molecule has 0 amide bonds. The third-order valence-corrected chi connectivity index (χ3v) is 2.86. The lowest BCUT2D eigenvalue weighted by atomic mass is 10.0. The van der Waals surface area contributed by atoms with Crippen LogP contribution in [0, 0.1) is 0 Å². The van der Waals surface area contributed by atoms with Crippen molar-refractivity contribution >= 4 is 16.9 Å². The Morgan fingerprint density at radius 3 is 2.24 bits per heavy atom. The molecule has 0 saturated heterocycles. The molecule has 0 aliphatic rings. The smallest absolute Gasteiger partial charge is 0.288 e. The van der Waals surface area contributed by atoms with Crippen molar-refractivity contribution in [1.82, 2.24) is 0 Å². The van der Waals surface area contributed by atoms with Crippen LogP contribution in [0.2, 0.25) is 0 Å². The Morgan fingerprint density at radius 2 is 1.82 bits per heavy atom. The van der Waals surface area contributed by atoms with E-state index in [0.717, 1.165) is 0 Å². The molecular formula is C9H12F6OS. The quantitative estimate of drug-likeness (QED) is 0.524. The molecule has 0 aromatic carbocycles. The van der Waals surface area contributed by atoms with Crippen LogP contribution < -0.4 is 0 Å². The molecule has 0 radical (unpaired) electrons. The first-order chi connectivity index (χ1) is 7.65. The molecule has 8 heteroatoms. The first-order valence-corrected chi connectivity index (χ1v) is 5.72. The van der Waals surface area contributed by atoms with Crippen molar-refractivity contribution in [3.8, 4) is 0 Å². The van der Waals surface area contributed by atoms with Gasteiger partial charge in [-0.1, -0.05) is 11.8 Å². The molecule has 102 valence electrons. The van der Waals surface area contributed by atoms with Gasteiger partial charge in [-0.3, -0.25) is 4.79 Å². The fourth-order valence-electron chi connectivity index (χ4n) is 1.00. The van der Waals surface area contributed by atoms with E-state index >= 15 is 0 Å². The Labute approximate surface area is 98.9 Å². The maximum Gasteiger partial charge on any atom is 0.343 e. The van der Waals surface area contributed by atoms with Gasteiger partial charge in [0.25, 0.3) is 0 Å². The second-order valence-electron chi connectivity index (χ2n) is 3.39. The largest absolute Gasteiger partial charge is 0.343 e. The van der Waals surface area contributed by atoms with Crippen LogP contribution in [0.15, 0.2) is 0 Å². The molecular weight excluding hydrogens is 270 g/mol. The molecule has 0 aliphatic carbocycles. The van der Waals surface area contributed by atoms with Gasteiger partial charge in [-0.05, 0) is 6.42 Å². The summed E-state index contributed by atoms with van der Waals surface area (Å²) in [6, 6.07) is 0. The van der Waals surface area contributed by atoms with Crippen LogP contribution in [0.3, 0.4) is 0 Å². The molecule has 0 saturated carbocycles. The molecule has 0 N–H and O–H groups in total. The second kappa shape index (κ2) is 6.51. The SMILES string of the molecule is CC(=O)SCCCC(F)(F)C(F)(F)C(F)CF. The van der Waals surface area contributed by atoms with E-state index in [1.54, 1.807) is 0 Å². The number of halogens is 6. The summed E-state index contributed by atoms with van der Waals surface area (Å²) < 4.78 is 75.4. The predicted molar refractivity (Wildman–Crippen MR) is 53.1 cm³/mol. The number of hydrogen-bond donors (Lipinski definition) is 0. The lowest BCUT2D eigenvalue weighted by Crippen LogP contribution is -2.48. The summed E-state index contributed by atoms with van der Waals surface area (Å²) in [7, 11) is 0. The van der Waals surface area contributed by atoms with Crippen molar-refractivity contribution in [2.45, 2.75) is 37.8 Å². The minimum absolute atomic E-state index is 0.0619. The highest BCUT2D eigenvalue weighted by atomic mass is 32.2. The molecule has 1 unspecified atom stereocenters. The number of alkyl halides is 6. The van der Waals surface area contributed by atoms with Crippen LogP contribution in [-0.4, -0.2) is 35.6 Å². The molecule has 1 atom stereocenters. The van der Waals surface area contributed by atoms with Crippen LogP contribution in [0.5, 0.6) is 0 Å². The summed E-state index contributed by atoms with van der Waals surface area (Å²) in [4.78, 5) is 10.4. The number of carbonyl (C=O) groups is 1. The summed E-state index contributed by atoms with van der Waals surface area (Å²) in [5.41, 5.74) is 0. The zero-order chi connectivity index (χ0) is 13.7. The zero-order valence-electron chi connectivity index (χ0n) is 8.99. The first kappa shape index (κ1) is 16.6. The van der Waals surface area contributed by atoms with Gasteiger partial charge in [-0.2, -0.15) is 17.6 Å². The topological polar surface area (TPSA) is 17.1 Å². The van der Waals surface area contributed by atoms with Gasteiger partial charge in [0.2, 0.25) is 0 Å². The lowest BCUT2D eigenvalue weighted by Gasteiger charge is -2.27. The number of rotatable bonds is 7. The monoisotopic (exact) mass is 282 g/mol. The molecule has 0 heterocycles. The molecule has 0 rings (SSSR count). The van der Waals surface area contributed by atoms with Crippen molar-refractivity contribution in [3.05, 3.63) is 0 Å². The van der Waals surface area contributed by atoms with Gasteiger partial charge < -0.3 is 0 Å². The van der Waals surface area contributed by atoms with Gasteiger partial charge >= 0.3 is 11.8 Å². The summed E-state index contributed by atoms with van der Waals surface area (Å²) in [6.45, 7) is -0.955. The molecule has 0 aliphatic heterocycles. The van der Waals surface area contributed by atoms with Crippen molar-refractivity contribution in [3.63, 3.8) is 0 Å². The highest BCUT2D eigenvalue weighted by Gasteiger charge is 2.61. The van der Waals surface area contributed by atoms with Crippen LogP contribution in [-0.2, 0) is 4.79 Å². The van der Waals surface area contributed by atoms with Crippen LogP contribution >= 0.6 is 11.8 Å². The Bertz CT molecular complexity index is 258. The number of thioether (sulfide) groups is 1. The molecule has 0 bridgehead atoms. The van der Waals surface area contributed by atoms with Gasteiger partial charge in [0.1, 0.15) is 6.67 Å². The third-order valence-electron chi connectivity index (χ3n) is 1.96. The molecule has 0 fully saturated rings. The summed E-state index contributed by atoms with van der Waals surface area (Å²) >= 11 is 0.712. The molecule has 0 aromatic heterocycles. The van der Waals surface area contributed by atoms with Crippen LogP contribution in [0.1, 0.15) is 19.8 Å². The average molecular weight is 282 g/mol. The summed E-state index contributed by atoms with van der Waals surface area (Å²) in [6.07, 6.45) is -5.19. The van der Waals surface area contributed by atoms with E-state index in [1.807, 2.05) is 0 Å². The maximum atomic E-state index is 12.9. The fourth-order valence-corrected chi connectivity index (χ4v) is 1.58. The van der Waals surface area contributed by atoms with E-state index in [4.69, 9.17) is 0 Å². The van der Waals surface area contributed by atoms with Crippen molar-refractivity contribution in [2.75, 3.05) is 12.4 Å². The fraction of sp³-hybridized carbons (Fsp3) is 0.889. The van der Waals surface area contributed by atoms with Gasteiger partial charge in [-0.25, -0.2) is 8.78 Å². The van der Waals surface area contributed by atoms with Crippen molar-refractivity contribution < 1.29 is 31.1 Å². The highest BCUT2D eigenvalue weighted by Crippen LogP contribution is 2.41. The van der Waals surface area contributed by atoms with E-state index in [-0.39, 0.29) is 17.3 Å². The first-order valence-electron chi connectivity index (χ1n) is 4.74. The lowest BCUT2D eigenvalue weighted by molar-refractivity contribution is -0.243. The van der Waals surface area contributed by atoms with E-state index in [9.17, 15) is 31.1 Å². The molecule has 1 nitrogen and oxygen atoms in total. The van der Waals surface area contributed by atoms with Gasteiger partial charge in [0.05, 0.1) is 0 Å². The van der Waals surface area contributed by atoms with Gasteiger partial charge in [0, 0.05) is 19.1 Å². The van der Waals surface area contributed by atoms with Crippen molar-refractivity contribution in [2.24, 2.45) is 0 Å². The zero-order valence-corrected chi connectivity index (χ0v) is 9.81. The predicted octanol–water partition coefficient (Wildman–Crippen LogP) is 3.62. The average Bonchev–Trinajstić information content (AvgIpc) is 2.22. The third kappa shape index (κ3) is 4.77. The molecule has 0 spiro atoms. The standard InChI is InChI=1S/C9H12F6OS/c1-6(16)17-4-2-3-8(12,13)9(14,15)7(11)5-10/h7H,2-5H2,1H3. The Balaban J connectivity index is 4.30. The van der Waals surface area contributed by atoms with E-state index in [1.165, 1.54) is 6.92 Å². The van der Waals surface area contributed by atoms with Crippen molar-refractivity contribution in [1.29, 1.82) is 0 Å². The normalized spacial score (nSPS) is 14.8. The van der Waals surface area contributed by atoms with Crippen LogP contribution in [0.4, 0.5) is 26.3 Å².